The summed E-state index contributed by atoms with van der Waals surface area (Å²) in [5.74, 6) is 0.709. The molecule has 7 heteroatoms. The number of alkyl halides is 1. The van der Waals surface area contributed by atoms with Gasteiger partial charge in [-0.15, -0.1) is 11.6 Å². The van der Waals surface area contributed by atoms with E-state index in [-0.39, 0.29) is 5.91 Å². The van der Waals surface area contributed by atoms with Gasteiger partial charge in [0.25, 0.3) is 5.91 Å². The number of halogens is 1. The first-order valence-corrected chi connectivity index (χ1v) is 4.90. The highest BCUT2D eigenvalue weighted by Gasteiger charge is 2.13. The largest absolute Gasteiger partial charge is 0.366 e. The van der Waals surface area contributed by atoms with Crippen molar-refractivity contribution in [2.75, 3.05) is 24.8 Å². The molecule has 1 rings (SSSR count). The van der Waals surface area contributed by atoms with Gasteiger partial charge in [0, 0.05) is 19.5 Å². The molecular formula is C6H9ClN4OS. The van der Waals surface area contributed by atoms with Crippen molar-refractivity contribution in [3.8, 4) is 0 Å². The number of carbonyl (C=O) groups is 1. The molecule has 0 atom stereocenters. The Morgan fingerprint density at radius 1 is 1.62 bits per heavy atom. The summed E-state index contributed by atoms with van der Waals surface area (Å²) < 4.78 is 7.78. The molecule has 0 bridgehead atoms. The van der Waals surface area contributed by atoms with Crippen molar-refractivity contribution in [3.05, 3.63) is 5.69 Å². The summed E-state index contributed by atoms with van der Waals surface area (Å²) in [6.45, 7) is 0.566. The van der Waals surface area contributed by atoms with Gasteiger partial charge in [0.15, 0.2) is 11.5 Å². The highest BCUT2D eigenvalue weighted by molar-refractivity contribution is 6.99. The number of nitrogens with zero attached hydrogens (tertiary/aromatic N) is 2. The average molecular weight is 221 g/mol. The second-order valence-corrected chi connectivity index (χ2v) is 3.06. The van der Waals surface area contributed by atoms with Crippen LogP contribution in [-0.4, -0.2) is 34.1 Å². The smallest absolute Gasteiger partial charge is 0.274 e. The Bertz CT molecular complexity index is 290. The lowest BCUT2D eigenvalue weighted by Gasteiger charge is -2.00. The molecular weight excluding hydrogens is 212 g/mol. The molecule has 0 spiro atoms. The second-order valence-electron chi connectivity index (χ2n) is 2.16. The van der Waals surface area contributed by atoms with Crippen LogP contribution in [0.2, 0.25) is 0 Å². The van der Waals surface area contributed by atoms with Crippen LogP contribution in [0.25, 0.3) is 0 Å². The fourth-order valence-electron chi connectivity index (χ4n) is 0.738. The van der Waals surface area contributed by atoms with Crippen molar-refractivity contribution in [1.82, 2.24) is 14.1 Å². The predicted molar refractivity (Wildman–Crippen MR) is 52.5 cm³/mol. The molecule has 0 fully saturated rings. The topological polar surface area (TPSA) is 66.9 Å². The van der Waals surface area contributed by atoms with Crippen LogP contribution in [0.4, 0.5) is 5.82 Å². The van der Waals surface area contributed by atoms with Crippen LogP contribution in [0.5, 0.6) is 0 Å². The zero-order valence-corrected chi connectivity index (χ0v) is 8.58. The molecule has 0 saturated heterocycles. The summed E-state index contributed by atoms with van der Waals surface area (Å²) in [6, 6.07) is 0. The standard InChI is InChI=1S/C6H9ClN4OS/c1-8-6(12)4-5(9-3-2-7)11-13-10-4/h2-3H2,1H3,(H,8,12)(H,9,11). The minimum absolute atomic E-state index is 0.245. The normalized spacial score (nSPS) is 9.69. The average Bonchev–Trinajstić information content (AvgIpc) is 2.61. The Morgan fingerprint density at radius 2 is 2.38 bits per heavy atom. The molecule has 72 valence electrons. The minimum atomic E-state index is -0.245. The van der Waals surface area contributed by atoms with Gasteiger partial charge in [0.1, 0.15) is 0 Å². The Labute approximate surface area is 84.8 Å². The monoisotopic (exact) mass is 220 g/mol. The molecule has 0 saturated carbocycles. The van der Waals surface area contributed by atoms with Gasteiger partial charge in [-0.05, 0) is 0 Å². The summed E-state index contributed by atoms with van der Waals surface area (Å²) in [7, 11) is 1.55. The first-order valence-electron chi connectivity index (χ1n) is 3.64. The number of amides is 1. The second kappa shape index (κ2) is 4.98. The van der Waals surface area contributed by atoms with Crippen molar-refractivity contribution in [1.29, 1.82) is 0 Å². The first kappa shape index (κ1) is 10.2. The van der Waals surface area contributed by atoms with E-state index in [1.165, 1.54) is 0 Å². The molecule has 0 aliphatic heterocycles. The van der Waals surface area contributed by atoms with Crippen LogP contribution in [-0.2, 0) is 0 Å². The van der Waals surface area contributed by atoms with Crippen LogP contribution in [0.1, 0.15) is 10.5 Å². The lowest BCUT2D eigenvalue weighted by atomic mass is 10.4. The van der Waals surface area contributed by atoms with E-state index in [9.17, 15) is 4.79 Å². The van der Waals surface area contributed by atoms with Crippen LogP contribution in [0, 0.1) is 0 Å². The van der Waals surface area contributed by atoms with Crippen molar-refractivity contribution < 1.29 is 4.79 Å². The number of carbonyl (C=O) groups excluding carboxylic acids is 1. The molecule has 13 heavy (non-hydrogen) atoms. The first-order chi connectivity index (χ1) is 6.29. The highest BCUT2D eigenvalue weighted by atomic mass is 35.5. The van der Waals surface area contributed by atoms with E-state index < -0.39 is 0 Å². The van der Waals surface area contributed by atoms with E-state index in [0.29, 0.717) is 23.9 Å². The van der Waals surface area contributed by atoms with Gasteiger partial charge in [0.2, 0.25) is 0 Å². The van der Waals surface area contributed by atoms with Gasteiger partial charge in [-0.2, -0.15) is 8.75 Å². The van der Waals surface area contributed by atoms with Crippen LogP contribution >= 0.6 is 23.3 Å². The minimum Gasteiger partial charge on any atom is -0.366 e. The lowest BCUT2D eigenvalue weighted by molar-refractivity contribution is 0.0960. The summed E-state index contributed by atoms with van der Waals surface area (Å²) in [5, 5.41) is 5.38. The Kier molecular flexibility index (Phi) is 3.91. The van der Waals surface area contributed by atoms with Gasteiger partial charge in [0.05, 0.1) is 11.7 Å². The van der Waals surface area contributed by atoms with Gasteiger partial charge in [-0.1, -0.05) is 0 Å². The fraction of sp³-hybridized carbons (Fsp3) is 0.500. The van der Waals surface area contributed by atoms with Gasteiger partial charge >= 0.3 is 0 Å². The summed E-state index contributed by atoms with van der Waals surface area (Å²) >= 11 is 6.47. The van der Waals surface area contributed by atoms with Crippen LogP contribution in [0.3, 0.4) is 0 Å². The van der Waals surface area contributed by atoms with Crippen molar-refractivity contribution in [2.24, 2.45) is 0 Å². The lowest BCUT2D eigenvalue weighted by Crippen LogP contribution is -2.20. The third kappa shape index (κ3) is 2.53. The van der Waals surface area contributed by atoms with Crippen LogP contribution < -0.4 is 10.6 Å². The quantitative estimate of drug-likeness (QED) is 0.728. The molecule has 1 amide bonds. The Hall–Kier alpha value is -0.880. The Morgan fingerprint density at radius 3 is 3.00 bits per heavy atom. The number of nitrogens with one attached hydrogen (secondary N) is 2. The number of hydrogen-bond donors (Lipinski definition) is 2. The van der Waals surface area contributed by atoms with Crippen molar-refractivity contribution in [3.63, 3.8) is 0 Å². The zero-order chi connectivity index (χ0) is 9.68. The van der Waals surface area contributed by atoms with Crippen molar-refractivity contribution >= 4 is 35.1 Å². The number of hydrogen-bond acceptors (Lipinski definition) is 5. The molecule has 1 aromatic heterocycles. The van der Waals surface area contributed by atoms with E-state index >= 15 is 0 Å². The van der Waals surface area contributed by atoms with E-state index in [1.54, 1.807) is 7.05 Å². The molecule has 1 heterocycles. The van der Waals surface area contributed by atoms with Crippen LogP contribution in [0.15, 0.2) is 0 Å². The zero-order valence-electron chi connectivity index (χ0n) is 7.00. The molecule has 0 aliphatic rings. The van der Waals surface area contributed by atoms with E-state index in [0.717, 1.165) is 11.7 Å². The summed E-state index contributed by atoms with van der Waals surface area (Å²) in [4.78, 5) is 11.2. The molecule has 0 aliphatic carbocycles. The summed E-state index contributed by atoms with van der Waals surface area (Å²) in [5.41, 5.74) is 0.317. The third-order valence-corrected chi connectivity index (χ3v) is 2.04. The number of aromatic nitrogens is 2. The molecule has 5 nitrogen and oxygen atoms in total. The maximum absolute atomic E-state index is 11.2. The number of rotatable bonds is 4. The summed E-state index contributed by atoms with van der Waals surface area (Å²) in [6.07, 6.45) is 0. The molecule has 1 aromatic rings. The predicted octanol–water partition coefficient (Wildman–Crippen LogP) is 0.548. The van der Waals surface area contributed by atoms with Gasteiger partial charge in [-0.3, -0.25) is 4.79 Å². The van der Waals surface area contributed by atoms with E-state index in [4.69, 9.17) is 11.6 Å². The Balaban J connectivity index is 2.71. The molecule has 0 radical (unpaired) electrons. The number of anilines is 1. The van der Waals surface area contributed by atoms with E-state index in [2.05, 4.69) is 19.4 Å². The maximum atomic E-state index is 11.2. The van der Waals surface area contributed by atoms with Gasteiger partial charge in [-0.25, -0.2) is 0 Å². The molecule has 0 aromatic carbocycles. The SMILES string of the molecule is CNC(=O)c1nsnc1NCCCl. The van der Waals surface area contributed by atoms with E-state index in [1.807, 2.05) is 0 Å². The van der Waals surface area contributed by atoms with Crippen molar-refractivity contribution in [2.45, 2.75) is 0 Å². The molecule has 2 N–H and O–H groups in total. The highest BCUT2D eigenvalue weighted by Crippen LogP contribution is 2.11. The molecule has 0 unspecified atom stereocenters. The maximum Gasteiger partial charge on any atom is 0.274 e. The fourth-order valence-corrected chi connectivity index (χ4v) is 1.36. The van der Waals surface area contributed by atoms with Gasteiger partial charge < -0.3 is 10.6 Å². The third-order valence-electron chi connectivity index (χ3n) is 1.32.